The van der Waals surface area contributed by atoms with E-state index in [2.05, 4.69) is 4.99 Å². The van der Waals surface area contributed by atoms with Gasteiger partial charge in [0.2, 0.25) is 5.54 Å². The van der Waals surface area contributed by atoms with Crippen molar-refractivity contribution < 1.29 is 14.3 Å². The summed E-state index contributed by atoms with van der Waals surface area (Å²) >= 11 is 2.83. The van der Waals surface area contributed by atoms with E-state index in [0.717, 1.165) is 0 Å². The highest BCUT2D eigenvalue weighted by Gasteiger charge is 2.43. The van der Waals surface area contributed by atoms with E-state index in [0.29, 0.717) is 4.38 Å². The third kappa shape index (κ3) is 4.31. The van der Waals surface area contributed by atoms with E-state index in [1.807, 2.05) is 12.5 Å². The quantitative estimate of drug-likeness (QED) is 0.337. The van der Waals surface area contributed by atoms with Gasteiger partial charge in [-0.25, -0.2) is 9.79 Å². The van der Waals surface area contributed by atoms with Gasteiger partial charge in [0.05, 0.1) is 6.61 Å². The van der Waals surface area contributed by atoms with Crippen molar-refractivity contribution in [2.45, 2.75) is 33.2 Å². The number of hydrogen-bond acceptors (Lipinski definition) is 6. The second kappa shape index (κ2) is 7.84. The second-order valence-electron chi connectivity index (χ2n) is 4.10. The maximum Gasteiger partial charge on any atom is 0.341 e. The fourth-order valence-electron chi connectivity index (χ4n) is 1.39. The van der Waals surface area contributed by atoms with Gasteiger partial charge in [-0.2, -0.15) is 0 Å². The molecule has 0 saturated heterocycles. The predicted molar refractivity (Wildman–Crippen MR) is 79.3 cm³/mol. The van der Waals surface area contributed by atoms with Gasteiger partial charge in [0.25, 0.3) is 0 Å². The zero-order valence-electron chi connectivity index (χ0n) is 11.8. The molecule has 0 amide bonds. The number of thioether (sulfide) groups is 2. The number of hydrogen-bond donors (Lipinski definition) is 0. The summed E-state index contributed by atoms with van der Waals surface area (Å²) in [6.45, 7) is 7.00. The number of Topliss-reactive ketones (excluding diaryl/α,β-unsaturated/α-hetero) is 1. The van der Waals surface area contributed by atoms with Crippen LogP contribution in [0, 0.1) is 5.92 Å². The van der Waals surface area contributed by atoms with Gasteiger partial charge >= 0.3 is 5.97 Å². The van der Waals surface area contributed by atoms with Crippen LogP contribution in [0.4, 0.5) is 0 Å². The zero-order valence-corrected chi connectivity index (χ0v) is 13.4. The SMILES string of the molecule is CCOC(=O)C(C)(N=C(SC)SC)C(=O)C(C)C. The lowest BCUT2D eigenvalue weighted by Crippen LogP contribution is -2.46. The number of carbonyl (C=O) groups excluding carboxylic acids is 2. The molecule has 0 heterocycles. The Labute approximate surface area is 117 Å². The van der Waals surface area contributed by atoms with Crippen LogP contribution in [0.1, 0.15) is 27.7 Å². The number of esters is 1. The summed E-state index contributed by atoms with van der Waals surface area (Å²) in [5.41, 5.74) is -1.44. The first kappa shape index (κ1) is 17.5. The van der Waals surface area contributed by atoms with Crippen LogP contribution in [-0.2, 0) is 14.3 Å². The highest BCUT2D eigenvalue weighted by atomic mass is 32.2. The highest BCUT2D eigenvalue weighted by Crippen LogP contribution is 2.24. The van der Waals surface area contributed by atoms with Crippen molar-refractivity contribution in [3.63, 3.8) is 0 Å². The molecule has 4 nitrogen and oxygen atoms in total. The summed E-state index contributed by atoms with van der Waals surface area (Å²) in [4.78, 5) is 28.5. The molecule has 0 radical (unpaired) electrons. The first-order chi connectivity index (χ1) is 8.33. The number of aliphatic imine (C=N–C) groups is 1. The number of ketones is 1. The lowest BCUT2D eigenvalue weighted by atomic mass is 9.90. The van der Waals surface area contributed by atoms with Crippen molar-refractivity contribution >= 4 is 39.7 Å². The van der Waals surface area contributed by atoms with Crippen LogP contribution in [0.3, 0.4) is 0 Å². The molecular formula is C12H21NO3S2. The van der Waals surface area contributed by atoms with Crippen molar-refractivity contribution in [2.24, 2.45) is 10.9 Å². The summed E-state index contributed by atoms with van der Waals surface area (Å²) in [6.07, 6.45) is 3.72. The summed E-state index contributed by atoms with van der Waals surface area (Å²) < 4.78 is 5.68. The molecule has 0 rings (SSSR count). The molecule has 0 fully saturated rings. The Balaban J connectivity index is 5.48. The Bertz CT molecular complexity index is 336. The Morgan fingerprint density at radius 3 is 2.11 bits per heavy atom. The first-order valence-corrected chi connectivity index (χ1v) is 8.17. The van der Waals surface area contributed by atoms with Crippen LogP contribution in [0.15, 0.2) is 4.99 Å². The Morgan fingerprint density at radius 2 is 1.78 bits per heavy atom. The van der Waals surface area contributed by atoms with Gasteiger partial charge in [-0.05, 0) is 26.4 Å². The standard InChI is InChI=1S/C12H21NO3S2/c1-7-16-10(15)12(4,9(14)8(2)3)13-11(17-5)18-6/h8H,7H2,1-6H3. The molecule has 18 heavy (non-hydrogen) atoms. The summed E-state index contributed by atoms with van der Waals surface area (Å²) in [6, 6.07) is 0. The second-order valence-corrected chi connectivity index (χ2v) is 5.95. The zero-order chi connectivity index (χ0) is 14.3. The number of nitrogens with zero attached hydrogens (tertiary/aromatic N) is 1. The third-order valence-corrected chi connectivity index (χ3v) is 4.22. The third-order valence-electron chi connectivity index (χ3n) is 2.34. The van der Waals surface area contributed by atoms with E-state index in [4.69, 9.17) is 4.74 Å². The summed E-state index contributed by atoms with van der Waals surface area (Å²) in [5.74, 6) is -1.07. The normalized spacial score (nSPS) is 13.9. The number of rotatable bonds is 5. The smallest absolute Gasteiger partial charge is 0.341 e. The van der Waals surface area contributed by atoms with Crippen molar-refractivity contribution in [2.75, 3.05) is 19.1 Å². The fraction of sp³-hybridized carbons (Fsp3) is 0.750. The lowest BCUT2D eigenvalue weighted by molar-refractivity contribution is -0.153. The van der Waals surface area contributed by atoms with Gasteiger partial charge in [-0.15, -0.1) is 23.5 Å². The van der Waals surface area contributed by atoms with E-state index < -0.39 is 11.5 Å². The first-order valence-electron chi connectivity index (χ1n) is 5.72. The number of ether oxygens (including phenoxy) is 1. The average Bonchev–Trinajstić information content (AvgIpc) is 2.34. The van der Waals surface area contributed by atoms with Crippen LogP contribution in [0.2, 0.25) is 0 Å². The molecule has 0 saturated carbocycles. The minimum Gasteiger partial charge on any atom is -0.464 e. The van der Waals surface area contributed by atoms with E-state index in [1.54, 1.807) is 20.8 Å². The molecule has 0 aliphatic heterocycles. The minimum absolute atomic E-state index is 0.221. The van der Waals surface area contributed by atoms with Crippen LogP contribution in [-0.4, -0.2) is 40.8 Å². The Hall–Kier alpha value is -0.490. The van der Waals surface area contributed by atoms with Gasteiger partial charge in [-0.1, -0.05) is 13.8 Å². The molecule has 0 bridgehead atoms. The lowest BCUT2D eigenvalue weighted by Gasteiger charge is -2.24. The van der Waals surface area contributed by atoms with Gasteiger partial charge in [-0.3, -0.25) is 4.79 Å². The molecule has 0 aromatic heterocycles. The maximum atomic E-state index is 12.2. The van der Waals surface area contributed by atoms with Crippen LogP contribution >= 0.6 is 23.5 Å². The van der Waals surface area contributed by atoms with Gasteiger partial charge in [0, 0.05) is 5.92 Å². The van der Waals surface area contributed by atoms with Crippen molar-refractivity contribution in [1.82, 2.24) is 0 Å². The summed E-state index contributed by atoms with van der Waals surface area (Å²) in [7, 11) is 0. The monoisotopic (exact) mass is 291 g/mol. The fourth-order valence-corrected chi connectivity index (χ4v) is 2.61. The molecular weight excluding hydrogens is 270 g/mol. The van der Waals surface area contributed by atoms with E-state index in [-0.39, 0.29) is 18.3 Å². The van der Waals surface area contributed by atoms with Crippen molar-refractivity contribution in [1.29, 1.82) is 0 Å². The molecule has 0 spiro atoms. The topological polar surface area (TPSA) is 55.7 Å². The van der Waals surface area contributed by atoms with E-state index >= 15 is 0 Å². The number of carbonyl (C=O) groups is 2. The minimum atomic E-state index is -1.44. The molecule has 1 atom stereocenters. The highest BCUT2D eigenvalue weighted by molar-refractivity contribution is 8.38. The molecule has 104 valence electrons. The van der Waals surface area contributed by atoms with Crippen LogP contribution in [0.5, 0.6) is 0 Å². The van der Waals surface area contributed by atoms with Gasteiger partial charge in [0.15, 0.2) is 5.78 Å². The van der Waals surface area contributed by atoms with E-state index in [1.165, 1.54) is 30.4 Å². The molecule has 0 aliphatic carbocycles. The average molecular weight is 291 g/mol. The van der Waals surface area contributed by atoms with E-state index in [9.17, 15) is 9.59 Å². The molecule has 0 aliphatic rings. The summed E-state index contributed by atoms with van der Waals surface area (Å²) in [5, 5.41) is 0. The molecule has 1 unspecified atom stereocenters. The molecule has 0 aromatic carbocycles. The molecule has 0 aromatic rings. The van der Waals surface area contributed by atoms with Crippen molar-refractivity contribution in [3.05, 3.63) is 0 Å². The maximum absolute atomic E-state index is 12.2. The Kier molecular flexibility index (Phi) is 7.62. The van der Waals surface area contributed by atoms with Crippen LogP contribution in [0.25, 0.3) is 0 Å². The predicted octanol–water partition coefficient (Wildman–Crippen LogP) is 2.62. The largest absolute Gasteiger partial charge is 0.464 e. The van der Waals surface area contributed by atoms with Gasteiger partial charge in [0.1, 0.15) is 4.38 Å². The van der Waals surface area contributed by atoms with Gasteiger partial charge < -0.3 is 4.74 Å². The molecule has 6 heteroatoms. The van der Waals surface area contributed by atoms with Crippen LogP contribution < -0.4 is 0 Å². The molecule has 0 N–H and O–H groups in total. The Morgan fingerprint density at radius 1 is 1.28 bits per heavy atom. The van der Waals surface area contributed by atoms with Crippen molar-refractivity contribution in [3.8, 4) is 0 Å².